The van der Waals surface area contributed by atoms with Gasteiger partial charge in [0.05, 0.1) is 0 Å². The van der Waals surface area contributed by atoms with Crippen LogP contribution in [-0.2, 0) is 9.59 Å². The Morgan fingerprint density at radius 1 is 1.04 bits per heavy atom. The number of anilines is 1. The largest absolute Gasteiger partial charge is 0.482 e. The molecule has 0 fully saturated rings. The maximum Gasteiger partial charge on any atom is 0.341 e. The molecule has 0 aromatic heterocycles. The van der Waals surface area contributed by atoms with Crippen molar-refractivity contribution in [2.24, 2.45) is 0 Å². The van der Waals surface area contributed by atoms with E-state index in [1.165, 1.54) is 0 Å². The van der Waals surface area contributed by atoms with Crippen molar-refractivity contribution in [2.45, 2.75) is 19.4 Å². The highest BCUT2D eigenvalue weighted by Crippen LogP contribution is 2.23. The molecule has 25 heavy (non-hydrogen) atoms. The predicted octanol–water partition coefficient (Wildman–Crippen LogP) is 3.60. The van der Waals surface area contributed by atoms with Gasteiger partial charge in [-0.2, -0.15) is 0 Å². The van der Waals surface area contributed by atoms with Gasteiger partial charge in [-0.1, -0.05) is 11.6 Å². The van der Waals surface area contributed by atoms with E-state index in [-0.39, 0.29) is 5.91 Å². The monoisotopic (exact) mass is 363 g/mol. The van der Waals surface area contributed by atoms with E-state index in [4.69, 9.17) is 26.2 Å². The number of carboxylic acids is 1. The summed E-state index contributed by atoms with van der Waals surface area (Å²) in [6, 6.07) is 13.1. The fraction of sp³-hybridized carbons (Fsp3) is 0.222. The lowest BCUT2D eigenvalue weighted by Gasteiger charge is -2.25. The fourth-order valence-electron chi connectivity index (χ4n) is 1.90. The summed E-state index contributed by atoms with van der Waals surface area (Å²) < 4.78 is 10.8. The molecular weight excluding hydrogens is 346 g/mol. The van der Waals surface area contributed by atoms with Crippen molar-refractivity contribution in [3.05, 3.63) is 53.6 Å². The fourth-order valence-corrected chi connectivity index (χ4v) is 2.03. The van der Waals surface area contributed by atoms with Crippen LogP contribution >= 0.6 is 11.6 Å². The second kappa shape index (κ2) is 7.90. The second-order valence-corrected chi connectivity index (χ2v) is 6.16. The van der Waals surface area contributed by atoms with Crippen LogP contribution in [0, 0.1) is 0 Å². The first-order chi connectivity index (χ1) is 11.8. The van der Waals surface area contributed by atoms with Gasteiger partial charge in [0.1, 0.15) is 11.5 Å². The summed E-state index contributed by atoms with van der Waals surface area (Å²) in [7, 11) is 0. The number of carbonyl (C=O) groups excluding carboxylic acids is 1. The number of hydrogen-bond acceptors (Lipinski definition) is 4. The van der Waals surface area contributed by atoms with Crippen LogP contribution in [0.4, 0.5) is 5.69 Å². The Morgan fingerprint density at radius 2 is 1.60 bits per heavy atom. The summed E-state index contributed by atoms with van der Waals surface area (Å²) in [5.41, 5.74) is -0.563. The topological polar surface area (TPSA) is 84.9 Å². The standard InChI is InChI=1S/C18H18ClNO5/c1-18(2,25-15-7-3-12(19)4-8-15)17(23)20-13-5-9-14(10-6-13)24-11-16(21)22/h3-10H,11H2,1-2H3,(H,20,23)(H,21,22). The number of carbonyl (C=O) groups is 2. The highest BCUT2D eigenvalue weighted by molar-refractivity contribution is 6.30. The lowest BCUT2D eigenvalue weighted by atomic mass is 10.1. The number of amides is 1. The molecular formula is C18H18ClNO5. The molecule has 0 atom stereocenters. The Morgan fingerprint density at radius 3 is 2.16 bits per heavy atom. The van der Waals surface area contributed by atoms with Crippen molar-refractivity contribution >= 4 is 29.2 Å². The Labute approximate surface area is 150 Å². The molecule has 0 heterocycles. The van der Waals surface area contributed by atoms with Gasteiger partial charge in [0.25, 0.3) is 5.91 Å². The normalized spacial score (nSPS) is 10.8. The third-order valence-corrected chi connectivity index (χ3v) is 3.46. The molecule has 0 radical (unpaired) electrons. The molecule has 0 aliphatic carbocycles. The maximum absolute atomic E-state index is 12.4. The number of hydrogen-bond donors (Lipinski definition) is 2. The number of benzene rings is 2. The van der Waals surface area contributed by atoms with Crippen LogP contribution in [0.1, 0.15) is 13.8 Å². The average molecular weight is 364 g/mol. The molecule has 132 valence electrons. The summed E-state index contributed by atoms with van der Waals surface area (Å²) in [5, 5.41) is 11.9. The van der Waals surface area contributed by atoms with Crippen molar-refractivity contribution in [3.8, 4) is 11.5 Å². The summed E-state index contributed by atoms with van der Waals surface area (Å²) in [5.74, 6) is -0.459. The molecule has 0 saturated heterocycles. The molecule has 0 saturated carbocycles. The first kappa shape index (κ1) is 18.6. The van der Waals surface area contributed by atoms with Crippen LogP contribution in [0.15, 0.2) is 48.5 Å². The van der Waals surface area contributed by atoms with Gasteiger partial charge in [-0.15, -0.1) is 0 Å². The van der Waals surface area contributed by atoms with E-state index in [9.17, 15) is 9.59 Å². The molecule has 0 aliphatic rings. The van der Waals surface area contributed by atoms with E-state index in [2.05, 4.69) is 5.32 Å². The molecule has 0 aliphatic heterocycles. The SMILES string of the molecule is CC(C)(Oc1ccc(Cl)cc1)C(=O)Nc1ccc(OCC(=O)O)cc1. The van der Waals surface area contributed by atoms with Crippen LogP contribution < -0.4 is 14.8 Å². The second-order valence-electron chi connectivity index (χ2n) is 5.73. The molecule has 7 heteroatoms. The Hall–Kier alpha value is -2.73. The Bertz CT molecular complexity index is 741. The van der Waals surface area contributed by atoms with Gasteiger partial charge in [0.15, 0.2) is 12.2 Å². The van der Waals surface area contributed by atoms with E-state index in [1.54, 1.807) is 62.4 Å². The lowest BCUT2D eigenvalue weighted by molar-refractivity contribution is -0.139. The number of halogens is 1. The van der Waals surface area contributed by atoms with Gasteiger partial charge in [0, 0.05) is 10.7 Å². The highest BCUT2D eigenvalue weighted by atomic mass is 35.5. The van der Waals surface area contributed by atoms with Crippen molar-refractivity contribution in [2.75, 3.05) is 11.9 Å². The zero-order chi connectivity index (χ0) is 18.4. The van der Waals surface area contributed by atoms with Gasteiger partial charge in [-0.3, -0.25) is 4.79 Å². The van der Waals surface area contributed by atoms with Crippen molar-refractivity contribution < 1.29 is 24.2 Å². The number of nitrogens with one attached hydrogen (secondary N) is 1. The van der Waals surface area contributed by atoms with Crippen molar-refractivity contribution in [3.63, 3.8) is 0 Å². The van der Waals surface area contributed by atoms with E-state index in [0.717, 1.165) is 0 Å². The molecule has 0 unspecified atom stereocenters. The lowest BCUT2D eigenvalue weighted by Crippen LogP contribution is -2.42. The van der Waals surface area contributed by atoms with Crippen LogP contribution in [0.2, 0.25) is 5.02 Å². The van der Waals surface area contributed by atoms with Gasteiger partial charge < -0.3 is 19.9 Å². The Kier molecular flexibility index (Phi) is 5.88. The average Bonchev–Trinajstić information content (AvgIpc) is 2.56. The summed E-state index contributed by atoms with van der Waals surface area (Å²) in [4.78, 5) is 22.9. The molecule has 1 amide bonds. The smallest absolute Gasteiger partial charge is 0.341 e. The van der Waals surface area contributed by atoms with Gasteiger partial charge in [0.2, 0.25) is 0 Å². The molecule has 2 N–H and O–H groups in total. The number of carboxylic acid groups (broad SMARTS) is 1. The van der Waals surface area contributed by atoms with Crippen LogP contribution in [0.5, 0.6) is 11.5 Å². The minimum absolute atomic E-state index is 0.332. The third kappa shape index (κ3) is 5.69. The van der Waals surface area contributed by atoms with Gasteiger partial charge in [-0.25, -0.2) is 4.79 Å². The zero-order valence-electron chi connectivity index (χ0n) is 13.8. The highest BCUT2D eigenvalue weighted by Gasteiger charge is 2.30. The van der Waals surface area contributed by atoms with E-state index in [0.29, 0.717) is 22.2 Å². The van der Waals surface area contributed by atoms with Crippen LogP contribution in [0.3, 0.4) is 0 Å². The number of ether oxygens (including phenoxy) is 2. The maximum atomic E-state index is 12.4. The summed E-state index contributed by atoms with van der Waals surface area (Å²) in [6.45, 7) is 2.89. The molecule has 2 aromatic rings. The quantitative estimate of drug-likeness (QED) is 0.785. The first-order valence-electron chi connectivity index (χ1n) is 7.47. The molecule has 0 bridgehead atoms. The zero-order valence-corrected chi connectivity index (χ0v) is 14.5. The molecule has 6 nitrogen and oxygen atoms in total. The predicted molar refractivity (Wildman–Crippen MR) is 94.4 cm³/mol. The molecule has 0 spiro atoms. The third-order valence-electron chi connectivity index (χ3n) is 3.21. The van der Waals surface area contributed by atoms with Crippen molar-refractivity contribution in [1.29, 1.82) is 0 Å². The van der Waals surface area contributed by atoms with Crippen LogP contribution in [0.25, 0.3) is 0 Å². The number of rotatable bonds is 7. The first-order valence-corrected chi connectivity index (χ1v) is 7.85. The van der Waals surface area contributed by atoms with Gasteiger partial charge >= 0.3 is 5.97 Å². The summed E-state index contributed by atoms with van der Waals surface area (Å²) >= 11 is 5.83. The van der Waals surface area contributed by atoms with E-state index in [1.807, 2.05) is 0 Å². The van der Waals surface area contributed by atoms with Crippen LogP contribution in [-0.4, -0.2) is 29.2 Å². The summed E-state index contributed by atoms with van der Waals surface area (Å²) in [6.07, 6.45) is 0. The minimum atomic E-state index is -1.10. The van der Waals surface area contributed by atoms with Crippen molar-refractivity contribution in [1.82, 2.24) is 0 Å². The van der Waals surface area contributed by atoms with Gasteiger partial charge in [-0.05, 0) is 62.4 Å². The van der Waals surface area contributed by atoms with E-state index < -0.39 is 18.2 Å². The Balaban J connectivity index is 1.97. The molecule has 2 rings (SSSR count). The minimum Gasteiger partial charge on any atom is -0.482 e. The molecule has 2 aromatic carbocycles. The number of aliphatic carboxylic acids is 1. The van der Waals surface area contributed by atoms with E-state index >= 15 is 0 Å².